The van der Waals surface area contributed by atoms with Crippen molar-refractivity contribution in [3.05, 3.63) is 77.9 Å². The largest absolute Gasteiger partial charge is 0.367 e. The van der Waals surface area contributed by atoms with Crippen LogP contribution in [0.2, 0.25) is 0 Å². The van der Waals surface area contributed by atoms with Crippen LogP contribution in [0.3, 0.4) is 0 Å². The maximum absolute atomic E-state index is 14.2. The van der Waals surface area contributed by atoms with E-state index in [0.29, 0.717) is 25.1 Å². The standard InChI is InChI=1S/C24H27FN4O/c1-18-9-11-22(25)23(14-18)28-13-5-6-20(17-28)27-24(30)12-10-19-15-26-29(16-19)21-7-3-2-4-8-21/h2-4,7-9,11,14-16,20H,5-6,10,12-13,17H2,1H3,(H,27,30). The van der Waals surface area contributed by atoms with Crippen molar-refractivity contribution in [2.45, 2.75) is 38.6 Å². The molecule has 0 saturated carbocycles. The van der Waals surface area contributed by atoms with Crippen molar-refractivity contribution < 1.29 is 9.18 Å². The number of benzene rings is 2. The molecule has 1 amide bonds. The molecule has 0 radical (unpaired) electrons. The van der Waals surface area contributed by atoms with Crippen molar-refractivity contribution in [2.75, 3.05) is 18.0 Å². The van der Waals surface area contributed by atoms with Crippen molar-refractivity contribution in [1.82, 2.24) is 15.1 Å². The van der Waals surface area contributed by atoms with Crippen LogP contribution in [-0.2, 0) is 11.2 Å². The Hall–Kier alpha value is -3.15. The molecule has 30 heavy (non-hydrogen) atoms. The van der Waals surface area contributed by atoms with E-state index in [2.05, 4.69) is 10.4 Å². The summed E-state index contributed by atoms with van der Waals surface area (Å²) in [7, 11) is 0. The van der Waals surface area contributed by atoms with Gasteiger partial charge in [-0.15, -0.1) is 0 Å². The maximum atomic E-state index is 14.2. The molecule has 1 aliphatic rings. The van der Waals surface area contributed by atoms with Crippen molar-refractivity contribution >= 4 is 11.6 Å². The van der Waals surface area contributed by atoms with Crippen LogP contribution in [0.4, 0.5) is 10.1 Å². The summed E-state index contributed by atoms with van der Waals surface area (Å²) >= 11 is 0. The molecule has 1 aliphatic heterocycles. The van der Waals surface area contributed by atoms with Gasteiger partial charge in [-0.2, -0.15) is 5.10 Å². The molecule has 5 nitrogen and oxygen atoms in total. The van der Waals surface area contributed by atoms with E-state index in [1.54, 1.807) is 6.07 Å². The van der Waals surface area contributed by atoms with E-state index in [9.17, 15) is 9.18 Å². The number of nitrogens with one attached hydrogen (secondary N) is 1. The number of para-hydroxylation sites is 1. The molecule has 0 bridgehead atoms. The lowest BCUT2D eigenvalue weighted by Crippen LogP contribution is -2.48. The number of carbonyl (C=O) groups excluding carboxylic acids is 1. The molecule has 1 atom stereocenters. The Kier molecular flexibility index (Phi) is 6.12. The van der Waals surface area contributed by atoms with Gasteiger partial charge >= 0.3 is 0 Å². The Morgan fingerprint density at radius 1 is 1.23 bits per heavy atom. The third-order valence-electron chi connectivity index (χ3n) is 5.53. The normalized spacial score (nSPS) is 16.5. The molecule has 2 aromatic carbocycles. The third-order valence-corrected chi connectivity index (χ3v) is 5.53. The SMILES string of the molecule is Cc1ccc(F)c(N2CCCC(NC(=O)CCc3cnn(-c4ccccc4)c3)C2)c1. The summed E-state index contributed by atoms with van der Waals surface area (Å²) in [5, 5.41) is 7.51. The van der Waals surface area contributed by atoms with Crippen molar-refractivity contribution in [1.29, 1.82) is 0 Å². The van der Waals surface area contributed by atoms with Gasteiger partial charge in [0, 0.05) is 31.7 Å². The average molecular weight is 407 g/mol. The van der Waals surface area contributed by atoms with Crippen LogP contribution >= 0.6 is 0 Å². The molecule has 1 saturated heterocycles. The summed E-state index contributed by atoms with van der Waals surface area (Å²) in [6.45, 7) is 3.41. The van der Waals surface area contributed by atoms with Gasteiger partial charge in [0.1, 0.15) is 5.82 Å². The average Bonchev–Trinajstić information content (AvgIpc) is 3.24. The van der Waals surface area contributed by atoms with Crippen LogP contribution in [-0.4, -0.2) is 34.8 Å². The number of piperidine rings is 1. The summed E-state index contributed by atoms with van der Waals surface area (Å²) in [4.78, 5) is 14.5. The fourth-order valence-corrected chi connectivity index (χ4v) is 3.95. The third kappa shape index (κ3) is 4.87. The summed E-state index contributed by atoms with van der Waals surface area (Å²) in [5.41, 5.74) is 3.69. The van der Waals surface area contributed by atoms with Crippen molar-refractivity contribution in [3.63, 3.8) is 0 Å². The molecule has 2 heterocycles. The van der Waals surface area contributed by atoms with E-state index in [1.165, 1.54) is 6.07 Å². The fraction of sp³-hybridized carbons (Fsp3) is 0.333. The number of rotatable bonds is 6. The van der Waals surface area contributed by atoms with Crippen LogP contribution in [0.15, 0.2) is 60.9 Å². The highest BCUT2D eigenvalue weighted by Crippen LogP contribution is 2.24. The van der Waals surface area contributed by atoms with Crippen LogP contribution in [0, 0.1) is 12.7 Å². The van der Waals surface area contributed by atoms with E-state index in [4.69, 9.17) is 0 Å². The molecule has 0 spiro atoms. The van der Waals surface area contributed by atoms with Gasteiger partial charge < -0.3 is 10.2 Å². The number of carbonyl (C=O) groups is 1. The lowest BCUT2D eigenvalue weighted by atomic mass is 10.0. The molecule has 156 valence electrons. The van der Waals surface area contributed by atoms with Gasteiger partial charge in [-0.3, -0.25) is 4.79 Å². The predicted molar refractivity (Wildman–Crippen MR) is 116 cm³/mol. The Balaban J connectivity index is 1.30. The van der Waals surface area contributed by atoms with Crippen LogP contribution in [0.25, 0.3) is 5.69 Å². The van der Waals surface area contributed by atoms with E-state index >= 15 is 0 Å². The van der Waals surface area contributed by atoms with Gasteiger partial charge in [0.15, 0.2) is 0 Å². The minimum Gasteiger partial charge on any atom is -0.367 e. The lowest BCUT2D eigenvalue weighted by Gasteiger charge is -2.35. The molecule has 1 unspecified atom stereocenters. The number of hydrogen-bond acceptors (Lipinski definition) is 3. The van der Waals surface area contributed by atoms with E-state index in [1.807, 2.05) is 65.3 Å². The Morgan fingerprint density at radius 3 is 2.90 bits per heavy atom. The molecule has 6 heteroatoms. The predicted octanol–water partition coefficient (Wildman–Crippen LogP) is 4.04. The van der Waals surface area contributed by atoms with Gasteiger partial charge in [-0.1, -0.05) is 24.3 Å². The Bertz CT molecular complexity index is 1000. The zero-order valence-corrected chi connectivity index (χ0v) is 17.2. The number of aryl methyl sites for hydroxylation is 2. The molecular formula is C24H27FN4O. The minimum absolute atomic E-state index is 0.0269. The second-order valence-corrected chi connectivity index (χ2v) is 7.94. The lowest BCUT2D eigenvalue weighted by molar-refractivity contribution is -0.121. The smallest absolute Gasteiger partial charge is 0.220 e. The first-order valence-electron chi connectivity index (χ1n) is 10.5. The van der Waals surface area contributed by atoms with Crippen LogP contribution in [0.5, 0.6) is 0 Å². The number of aromatic nitrogens is 2. The summed E-state index contributed by atoms with van der Waals surface area (Å²) in [6, 6.07) is 15.1. The quantitative estimate of drug-likeness (QED) is 0.672. The number of anilines is 1. The second kappa shape index (κ2) is 9.11. The van der Waals surface area contributed by atoms with Crippen LogP contribution in [0.1, 0.15) is 30.4 Å². The van der Waals surface area contributed by atoms with Gasteiger partial charge in [0.2, 0.25) is 5.91 Å². The number of amides is 1. The van der Waals surface area contributed by atoms with Crippen molar-refractivity contribution in [2.24, 2.45) is 0 Å². The highest BCUT2D eigenvalue weighted by atomic mass is 19.1. The number of hydrogen-bond donors (Lipinski definition) is 1. The minimum atomic E-state index is -0.206. The van der Waals surface area contributed by atoms with Gasteiger partial charge in [0.25, 0.3) is 0 Å². The second-order valence-electron chi connectivity index (χ2n) is 7.94. The highest BCUT2D eigenvalue weighted by molar-refractivity contribution is 5.76. The first-order valence-corrected chi connectivity index (χ1v) is 10.5. The molecule has 1 aromatic heterocycles. The molecular weight excluding hydrogens is 379 g/mol. The maximum Gasteiger partial charge on any atom is 0.220 e. The molecule has 4 rings (SSSR count). The summed E-state index contributed by atoms with van der Waals surface area (Å²) in [6.07, 6.45) is 6.68. The van der Waals surface area contributed by atoms with Crippen molar-refractivity contribution in [3.8, 4) is 5.69 Å². The zero-order chi connectivity index (χ0) is 20.9. The first kappa shape index (κ1) is 20.1. The van der Waals surface area contributed by atoms with E-state index < -0.39 is 0 Å². The molecule has 1 fully saturated rings. The van der Waals surface area contributed by atoms with Crippen LogP contribution < -0.4 is 10.2 Å². The molecule has 0 aliphatic carbocycles. The fourth-order valence-electron chi connectivity index (χ4n) is 3.95. The Labute approximate surface area is 176 Å². The zero-order valence-electron chi connectivity index (χ0n) is 17.2. The first-order chi connectivity index (χ1) is 14.6. The van der Waals surface area contributed by atoms with E-state index in [0.717, 1.165) is 36.2 Å². The molecule has 3 aromatic rings. The highest BCUT2D eigenvalue weighted by Gasteiger charge is 2.23. The van der Waals surface area contributed by atoms with E-state index in [-0.39, 0.29) is 17.8 Å². The van der Waals surface area contributed by atoms with Gasteiger partial charge in [-0.25, -0.2) is 9.07 Å². The Morgan fingerprint density at radius 2 is 2.07 bits per heavy atom. The molecule has 1 N–H and O–H groups in total. The van der Waals surface area contributed by atoms with Gasteiger partial charge in [-0.05, 0) is 61.6 Å². The number of nitrogens with zero attached hydrogens (tertiary/aromatic N) is 3. The summed E-state index contributed by atoms with van der Waals surface area (Å²) in [5.74, 6) is -0.179. The topological polar surface area (TPSA) is 50.2 Å². The van der Waals surface area contributed by atoms with Gasteiger partial charge in [0.05, 0.1) is 17.6 Å². The monoisotopic (exact) mass is 406 g/mol. The number of halogens is 1. The summed E-state index contributed by atoms with van der Waals surface area (Å²) < 4.78 is 16.1.